The van der Waals surface area contributed by atoms with Crippen molar-refractivity contribution in [1.82, 2.24) is 10.2 Å². The van der Waals surface area contributed by atoms with Crippen LogP contribution in [0.3, 0.4) is 0 Å². The first-order valence-electron chi connectivity index (χ1n) is 10.9. The number of hydrogen-bond acceptors (Lipinski definition) is 5. The summed E-state index contributed by atoms with van der Waals surface area (Å²) in [5.74, 6) is 1.44. The molecule has 1 aliphatic rings. The SMILES string of the molecule is CCOC(=O)N1CCC(NC(=O)/C=C(\C)c2cc3c(C)c(C)oc3cc2OCC)CC1. The van der Waals surface area contributed by atoms with Gasteiger partial charge in [-0.3, -0.25) is 4.79 Å². The van der Waals surface area contributed by atoms with Crippen LogP contribution in [0.25, 0.3) is 16.5 Å². The summed E-state index contributed by atoms with van der Waals surface area (Å²) in [7, 11) is 0. The van der Waals surface area contributed by atoms with E-state index >= 15 is 0 Å². The molecule has 7 nitrogen and oxygen atoms in total. The fourth-order valence-electron chi connectivity index (χ4n) is 3.89. The normalized spacial score (nSPS) is 15.3. The van der Waals surface area contributed by atoms with E-state index in [0.717, 1.165) is 33.4 Å². The molecular weight excluding hydrogens is 396 g/mol. The Morgan fingerprint density at radius 2 is 1.90 bits per heavy atom. The molecule has 168 valence electrons. The Kier molecular flexibility index (Phi) is 7.25. The van der Waals surface area contributed by atoms with Gasteiger partial charge < -0.3 is 24.1 Å². The first-order valence-corrected chi connectivity index (χ1v) is 10.9. The van der Waals surface area contributed by atoms with Gasteiger partial charge in [0.1, 0.15) is 17.1 Å². The lowest BCUT2D eigenvalue weighted by molar-refractivity contribution is -0.117. The Morgan fingerprint density at radius 1 is 1.19 bits per heavy atom. The molecule has 0 atom stereocenters. The van der Waals surface area contributed by atoms with Gasteiger partial charge in [-0.15, -0.1) is 0 Å². The van der Waals surface area contributed by atoms with Gasteiger partial charge in [0.2, 0.25) is 5.91 Å². The highest BCUT2D eigenvalue weighted by atomic mass is 16.6. The van der Waals surface area contributed by atoms with Gasteiger partial charge in [0.15, 0.2) is 0 Å². The molecule has 7 heteroatoms. The van der Waals surface area contributed by atoms with Crippen molar-refractivity contribution in [3.63, 3.8) is 0 Å². The van der Waals surface area contributed by atoms with Crippen LogP contribution in [0.15, 0.2) is 22.6 Å². The van der Waals surface area contributed by atoms with Crippen molar-refractivity contribution in [3.05, 3.63) is 35.1 Å². The first-order chi connectivity index (χ1) is 14.8. The number of carbonyl (C=O) groups excluding carboxylic acids is 2. The number of fused-ring (bicyclic) bond motifs is 1. The molecule has 0 aliphatic carbocycles. The summed E-state index contributed by atoms with van der Waals surface area (Å²) in [6.45, 7) is 11.7. The number of nitrogens with zero attached hydrogens (tertiary/aromatic N) is 1. The van der Waals surface area contributed by atoms with Gasteiger partial charge >= 0.3 is 6.09 Å². The largest absolute Gasteiger partial charge is 0.493 e. The lowest BCUT2D eigenvalue weighted by Crippen LogP contribution is -2.46. The molecule has 2 heterocycles. The van der Waals surface area contributed by atoms with Gasteiger partial charge in [-0.25, -0.2) is 4.79 Å². The number of aryl methyl sites for hydroxylation is 2. The lowest BCUT2D eigenvalue weighted by atomic mass is 10.0. The summed E-state index contributed by atoms with van der Waals surface area (Å²) in [5, 5.41) is 4.09. The number of likely N-dealkylation sites (tertiary alicyclic amines) is 1. The zero-order chi connectivity index (χ0) is 22.5. The van der Waals surface area contributed by atoms with E-state index in [9.17, 15) is 9.59 Å². The molecule has 0 spiro atoms. The quantitative estimate of drug-likeness (QED) is 0.681. The number of hydrogen-bond donors (Lipinski definition) is 1. The van der Waals surface area contributed by atoms with Crippen molar-refractivity contribution in [1.29, 1.82) is 0 Å². The van der Waals surface area contributed by atoms with E-state index < -0.39 is 0 Å². The van der Waals surface area contributed by atoms with Gasteiger partial charge in [0, 0.05) is 42.2 Å². The third kappa shape index (κ3) is 5.21. The highest BCUT2D eigenvalue weighted by molar-refractivity contribution is 5.97. The second kappa shape index (κ2) is 9.90. The van der Waals surface area contributed by atoms with E-state index in [1.54, 1.807) is 17.9 Å². The van der Waals surface area contributed by atoms with Gasteiger partial charge in [-0.05, 0) is 64.7 Å². The monoisotopic (exact) mass is 428 g/mol. The number of ether oxygens (including phenoxy) is 2. The maximum absolute atomic E-state index is 12.7. The second-order valence-electron chi connectivity index (χ2n) is 7.86. The van der Waals surface area contributed by atoms with Crippen LogP contribution in [0.5, 0.6) is 5.75 Å². The fourth-order valence-corrected chi connectivity index (χ4v) is 3.89. The molecule has 1 N–H and O–H groups in total. The number of benzene rings is 1. The van der Waals surface area contributed by atoms with Gasteiger partial charge in [-0.1, -0.05) is 0 Å². The predicted octanol–water partition coefficient (Wildman–Crippen LogP) is 4.59. The molecule has 1 aliphatic heterocycles. The maximum Gasteiger partial charge on any atom is 0.409 e. The van der Waals surface area contributed by atoms with E-state index in [4.69, 9.17) is 13.9 Å². The summed E-state index contributed by atoms with van der Waals surface area (Å²) in [5.41, 5.74) is 3.58. The van der Waals surface area contributed by atoms with E-state index in [-0.39, 0.29) is 18.0 Å². The molecule has 1 fully saturated rings. The van der Waals surface area contributed by atoms with Crippen LogP contribution in [0.1, 0.15) is 50.5 Å². The van der Waals surface area contributed by atoms with Crippen molar-refractivity contribution >= 4 is 28.5 Å². The number of rotatable bonds is 6. The van der Waals surface area contributed by atoms with Crippen LogP contribution in [0, 0.1) is 13.8 Å². The Balaban J connectivity index is 1.71. The molecule has 0 bridgehead atoms. The van der Waals surface area contributed by atoms with E-state index in [2.05, 4.69) is 5.32 Å². The lowest BCUT2D eigenvalue weighted by Gasteiger charge is -2.31. The Bertz CT molecular complexity index is 984. The number of furan rings is 1. The average molecular weight is 429 g/mol. The summed E-state index contributed by atoms with van der Waals surface area (Å²) in [6, 6.07) is 3.97. The van der Waals surface area contributed by atoms with Crippen LogP contribution >= 0.6 is 0 Å². The number of piperidine rings is 1. The number of amides is 2. The molecule has 1 saturated heterocycles. The van der Waals surface area contributed by atoms with E-state index in [1.165, 1.54) is 0 Å². The van der Waals surface area contributed by atoms with Gasteiger partial charge in [0.25, 0.3) is 0 Å². The number of carbonyl (C=O) groups is 2. The second-order valence-corrected chi connectivity index (χ2v) is 7.86. The third-order valence-corrected chi connectivity index (χ3v) is 5.72. The van der Waals surface area contributed by atoms with Crippen LogP contribution in [-0.2, 0) is 9.53 Å². The molecule has 0 radical (unpaired) electrons. The molecular formula is C24H32N2O5. The van der Waals surface area contributed by atoms with E-state index in [1.807, 2.05) is 39.8 Å². The van der Waals surface area contributed by atoms with Crippen molar-refractivity contribution in [2.45, 2.75) is 53.5 Å². The van der Waals surface area contributed by atoms with Gasteiger partial charge in [-0.2, -0.15) is 0 Å². The van der Waals surface area contributed by atoms with Crippen LogP contribution in [0.4, 0.5) is 4.79 Å². The standard InChI is InChI=1S/C24H32N2O5/c1-6-29-21-14-22-20(16(4)17(5)31-22)13-19(21)15(3)12-23(27)25-18-8-10-26(11-9-18)24(28)30-7-2/h12-14,18H,6-11H2,1-5H3,(H,25,27)/b15-12+. The highest BCUT2D eigenvalue weighted by Crippen LogP contribution is 2.35. The van der Waals surface area contributed by atoms with Crippen LogP contribution in [0.2, 0.25) is 0 Å². The Labute approximate surface area is 183 Å². The first kappa shape index (κ1) is 22.7. The minimum Gasteiger partial charge on any atom is -0.493 e. The van der Waals surface area contributed by atoms with Crippen molar-refractivity contribution in [3.8, 4) is 5.75 Å². The van der Waals surface area contributed by atoms with Crippen molar-refractivity contribution in [2.24, 2.45) is 0 Å². The summed E-state index contributed by atoms with van der Waals surface area (Å²) < 4.78 is 16.7. The fraction of sp³-hybridized carbons (Fsp3) is 0.500. The Morgan fingerprint density at radius 3 is 2.55 bits per heavy atom. The zero-order valence-electron chi connectivity index (χ0n) is 19.0. The predicted molar refractivity (Wildman–Crippen MR) is 120 cm³/mol. The third-order valence-electron chi connectivity index (χ3n) is 5.72. The molecule has 2 aromatic rings. The number of nitrogens with one attached hydrogen (secondary N) is 1. The average Bonchev–Trinajstić information content (AvgIpc) is 3.01. The van der Waals surface area contributed by atoms with Gasteiger partial charge in [0.05, 0.1) is 13.2 Å². The molecule has 1 aromatic heterocycles. The summed E-state index contributed by atoms with van der Waals surface area (Å²) >= 11 is 0. The maximum atomic E-state index is 12.7. The topological polar surface area (TPSA) is 81.0 Å². The zero-order valence-corrected chi connectivity index (χ0v) is 19.0. The number of allylic oxidation sites excluding steroid dienone is 1. The van der Waals surface area contributed by atoms with Crippen molar-refractivity contribution in [2.75, 3.05) is 26.3 Å². The summed E-state index contributed by atoms with van der Waals surface area (Å²) in [6.07, 6.45) is 2.75. The summed E-state index contributed by atoms with van der Waals surface area (Å²) in [4.78, 5) is 26.2. The minimum absolute atomic E-state index is 0.0369. The Hall–Kier alpha value is -2.96. The molecule has 31 heavy (non-hydrogen) atoms. The highest BCUT2D eigenvalue weighted by Gasteiger charge is 2.24. The van der Waals surface area contributed by atoms with E-state index in [0.29, 0.717) is 44.9 Å². The molecule has 2 amide bonds. The van der Waals surface area contributed by atoms with Crippen LogP contribution in [-0.4, -0.2) is 49.2 Å². The molecule has 1 aromatic carbocycles. The molecule has 0 unspecified atom stereocenters. The van der Waals surface area contributed by atoms with Crippen LogP contribution < -0.4 is 10.1 Å². The molecule has 0 saturated carbocycles. The van der Waals surface area contributed by atoms with Crippen molar-refractivity contribution < 1.29 is 23.5 Å². The smallest absolute Gasteiger partial charge is 0.409 e. The minimum atomic E-state index is -0.286. The molecule has 3 rings (SSSR count).